The van der Waals surface area contributed by atoms with Crippen LogP contribution in [0.15, 0.2) is 66.3 Å². The van der Waals surface area contributed by atoms with E-state index in [4.69, 9.17) is 0 Å². The first kappa shape index (κ1) is 17.3. The molecule has 4 aromatic rings. The molecule has 136 valence electrons. The molecule has 0 spiro atoms. The number of pyridine rings is 1. The molecule has 0 aliphatic heterocycles. The summed E-state index contributed by atoms with van der Waals surface area (Å²) in [6.07, 6.45) is 3.54. The number of aromatic nitrogens is 2. The Morgan fingerprint density at radius 1 is 1.15 bits per heavy atom. The van der Waals surface area contributed by atoms with Crippen molar-refractivity contribution in [1.82, 2.24) is 15.3 Å². The molecule has 0 radical (unpaired) electrons. The summed E-state index contributed by atoms with van der Waals surface area (Å²) < 4.78 is 0. The van der Waals surface area contributed by atoms with Gasteiger partial charge < -0.3 is 20.7 Å². The summed E-state index contributed by atoms with van der Waals surface area (Å²) >= 11 is 1.35. The van der Waals surface area contributed by atoms with Gasteiger partial charge >= 0.3 is 0 Å². The number of hydrogen-bond acceptors (Lipinski definition) is 5. The number of rotatable bonds is 6. The molecular weight excluding hydrogens is 360 g/mol. The quantitative estimate of drug-likeness (QED) is 0.410. The molecule has 1 amide bonds. The number of thiophene rings is 1. The average Bonchev–Trinajstić information content (AvgIpc) is 3.36. The second-order valence-electron chi connectivity index (χ2n) is 6.01. The van der Waals surface area contributed by atoms with E-state index in [-0.39, 0.29) is 12.5 Å². The number of nitrogens with one attached hydrogen (secondary N) is 3. The van der Waals surface area contributed by atoms with Crippen LogP contribution in [0.4, 0.5) is 11.4 Å². The van der Waals surface area contributed by atoms with Crippen LogP contribution >= 0.6 is 11.3 Å². The van der Waals surface area contributed by atoms with Gasteiger partial charge in [0, 0.05) is 17.8 Å². The molecule has 0 saturated heterocycles. The summed E-state index contributed by atoms with van der Waals surface area (Å²) in [4.78, 5) is 20.7. The van der Waals surface area contributed by atoms with Gasteiger partial charge in [-0.25, -0.2) is 4.98 Å². The molecule has 4 rings (SSSR count). The predicted molar refractivity (Wildman–Crippen MR) is 107 cm³/mol. The Morgan fingerprint density at radius 2 is 2.00 bits per heavy atom. The molecule has 6 nitrogen and oxygen atoms in total. The third-order valence-corrected chi connectivity index (χ3v) is 5.20. The Bertz CT molecular complexity index is 1060. The fraction of sp³-hybridized carbons (Fsp3) is 0.100. The first-order valence-electron chi connectivity index (χ1n) is 8.49. The lowest BCUT2D eigenvalue weighted by Gasteiger charge is -2.17. The van der Waals surface area contributed by atoms with E-state index < -0.39 is 6.04 Å². The van der Waals surface area contributed by atoms with Crippen LogP contribution in [0.5, 0.6) is 0 Å². The molecule has 1 aromatic carbocycles. The molecule has 7 heteroatoms. The molecule has 27 heavy (non-hydrogen) atoms. The van der Waals surface area contributed by atoms with Gasteiger partial charge in [0.2, 0.25) is 0 Å². The van der Waals surface area contributed by atoms with Crippen molar-refractivity contribution in [2.45, 2.75) is 6.04 Å². The van der Waals surface area contributed by atoms with Crippen molar-refractivity contribution < 1.29 is 9.90 Å². The maximum absolute atomic E-state index is 12.8. The highest BCUT2D eigenvalue weighted by Gasteiger charge is 2.19. The molecule has 0 fully saturated rings. The van der Waals surface area contributed by atoms with E-state index in [2.05, 4.69) is 20.6 Å². The largest absolute Gasteiger partial charge is 0.394 e. The van der Waals surface area contributed by atoms with E-state index in [1.165, 1.54) is 11.3 Å². The number of H-pyrrole nitrogens is 1. The van der Waals surface area contributed by atoms with Crippen LogP contribution in [0.1, 0.15) is 21.3 Å². The highest BCUT2D eigenvalue weighted by molar-refractivity contribution is 7.12. The zero-order chi connectivity index (χ0) is 18.6. The molecule has 4 N–H and O–H groups in total. The Labute approximate surface area is 159 Å². The standard InChI is InChI=1S/C20H18N4O2S/c25-12-17(13-4-2-1-3-5-13)24-20(26)18-16(8-11-27-18)23-15-7-10-22-19-14(15)6-9-21-19/h1-11,17,25H,12H2,(H,24,26)(H2,21,22,23)/t17-/m0/s1. The lowest BCUT2D eigenvalue weighted by atomic mass is 10.1. The first-order chi connectivity index (χ1) is 13.3. The van der Waals surface area contributed by atoms with Crippen LogP contribution in [-0.4, -0.2) is 27.6 Å². The van der Waals surface area contributed by atoms with E-state index in [9.17, 15) is 9.90 Å². The van der Waals surface area contributed by atoms with Crippen LogP contribution in [0.3, 0.4) is 0 Å². The Hall–Kier alpha value is -3.16. The van der Waals surface area contributed by atoms with Gasteiger partial charge in [-0.05, 0) is 29.1 Å². The predicted octanol–water partition coefficient (Wildman–Crippen LogP) is 3.83. The van der Waals surface area contributed by atoms with Crippen LogP contribution in [0.25, 0.3) is 11.0 Å². The van der Waals surface area contributed by atoms with Gasteiger partial charge in [0.15, 0.2) is 0 Å². The SMILES string of the molecule is O=C(N[C@@H](CO)c1ccccc1)c1sccc1Nc1ccnc2[nH]ccc12. The Kier molecular flexibility index (Phi) is 4.86. The van der Waals surface area contributed by atoms with Gasteiger partial charge in [-0.3, -0.25) is 4.79 Å². The van der Waals surface area contributed by atoms with Crippen molar-refractivity contribution in [3.63, 3.8) is 0 Å². The molecule has 0 aliphatic rings. The van der Waals surface area contributed by atoms with Crippen molar-refractivity contribution in [1.29, 1.82) is 0 Å². The maximum atomic E-state index is 12.8. The van der Waals surface area contributed by atoms with E-state index in [0.717, 1.165) is 28.0 Å². The highest BCUT2D eigenvalue weighted by Crippen LogP contribution is 2.30. The smallest absolute Gasteiger partial charge is 0.264 e. The summed E-state index contributed by atoms with van der Waals surface area (Å²) in [6, 6.07) is 14.7. The number of aliphatic hydroxyl groups is 1. The Balaban J connectivity index is 1.56. The number of carbonyl (C=O) groups is 1. The fourth-order valence-electron chi connectivity index (χ4n) is 2.94. The number of benzene rings is 1. The van der Waals surface area contributed by atoms with Crippen molar-refractivity contribution >= 4 is 39.7 Å². The summed E-state index contributed by atoms with van der Waals surface area (Å²) in [5, 5.41) is 18.7. The van der Waals surface area contributed by atoms with Crippen LogP contribution in [0.2, 0.25) is 0 Å². The third-order valence-electron chi connectivity index (χ3n) is 4.29. The van der Waals surface area contributed by atoms with Gasteiger partial charge in [0.1, 0.15) is 10.5 Å². The summed E-state index contributed by atoms with van der Waals surface area (Å²) in [6.45, 7) is -0.168. The molecule has 0 bridgehead atoms. The van der Waals surface area contributed by atoms with Crippen LogP contribution < -0.4 is 10.6 Å². The zero-order valence-corrected chi connectivity index (χ0v) is 15.2. The Morgan fingerprint density at radius 3 is 2.81 bits per heavy atom. The number of nitrogens with zero attached hydrogens (tertiary/aromatic N) is 1. The van der Waals surface area contributed by atoms with Gasteiger partial charge in [-0.1, -0.05) is 30.3 Å². The second-order valence-corrected chi connectivity index (χ2v) is 6.92. The number of amides is 1. The van der Waals surface area contributed by atoms with Gasteiger partial charge in [0.05, 0.1) is 24.0 Å². The molecule has 3 aromatic heterocycles. The number of aliphatic hydroxyl groups excluding tert-OH is 1. The molecule has 0 unspecified atom stereocenters. The second kappa shape index (κ2) is 7.61. The molecule has 0 saturated carbocycles. The summed E-state index contributed by atoms with van der Waals surface area (Å²) in [7, 11) is 0. The normalized spacial score (nSPS) is 12.0. The summed E-state index contributed by atoms with van der Waals surface area (Å²) in [5.41, 5.74) is 3.24. The zero-order valence-electron chi connectivity index (χ0n) is 14.3. The van der Waals surface area contributed by atoms with Crippen molar-refractivity contribution in [2.75, 3.05) is 11.9 Å². The van der Waals surface area contributed by atoms with Gasteiger partial charge in [-0.15, -0.1) is 11.3 Å². The highest BCUT2D eigenvalue weighted by atomic mass is 32.1. The number of aromatic amines is 1. The third kappa shape index (κ3) is 3.55. The van der Waals surface area contributed by atoms with E-state index in [0.29, 0.717) is 4.88 Å². The minimum Gasteiger partial charge on any atom is -0.394 e. The monoisotopic (exact) mass is 378 g/mol. The number of hydrogen-bond donors (Lipinski definition) is 4. The molecular formula is C20H18N4O2S. The van der Waals surface area contributed by atoms with E-state index in [1.54, 1.807) is 6.20 Å². The fourth-order valence-corrected chi connectivity index (χ4v) is 3.69. The number of carbonyl (C=O) groups excluding carboxylic acids is 1. The van der Waals surface area contributed by atoms with Crippen molar-refractivity contribution in [3.05, 3.63) is 76.7 Å². The number of anilines is 2. The van der Waals surface area contributed by atoms with Gasteiger partial charge in [-0.2, -0.15) is 0 Å². The lowest BCUT2D eigenvalue weighted by molar-refractivity contribution is 0.0921. The summed E-state index contributed by atoms with van der Waals surface area (Å²) in [5.74, 6) is -0.227. The first-order valence-corrected chi connectivity index (χ1v) is 9.37. The topological polar surface area (TPSA) is 90.0 Å². The molecule has 0 aliphatic carbocycles. The number of fused-ring (bicyclic) bond motifs is 1. The van der Waals surface area contributed by atoms with Crippen LogP contribution in [0, 0.1) is 0 Å². The van der Waals surface area contributed by atoms with E-state index >= 15 is 0 Å². The minimum absolute atomic E-state index is 0.168. The van der Waals surface area contributed by atoms with E-state index in [1.807, 2.05) is 60.1 Å². The van der Waals surface area contributed by atoms with Crippen molar-refractivity contribution in [3.8, 4) is 0 Å². The lowest BCUT2D eigenvalue weighted by Crippen LogP contribution is -2.30. The minimum atomic E-state index is -0.453. The molecule has 3 heterocycles. The van der Waals surface area contributed by atoms with Crippen LogP contribution in [-0.2, 0) is 0 Å². The van der Waals surface area contributed by atoms with Crippen molar-refractivity contribution in [2.24, 2.45) is 0 Å². The molecule has 1 atom stereocenters. The maximum Gasteiger partial charge on any atom is 0.264 e. The average molecular weight is 378 g/mol. The van der Waals surface area contributed by atoms with Gasteiger partial charge in [0.25, 0.3) is 5.91 Å².